The second kappa shape index (κ2) is 4.92. The van der Waals surface area contributed by atoms with Gasteiger partial charge in [-0.25, -0.2) is 4.79 Å². The zero-order valence-corrected chi connectivity index (χ0v) is 12.8. The molecular formula is C12H20N4O4S. The van der Waals surface area contributed by atoms with Crippen LogP contribution in [0.5, 0.6) is 0 Å². The molecule has 9 heteroatoms. The quantitative estimate of drug-likeness (QED) is 0.655. The average Bonchev–Trinajstić information content (AvgIpc) is 2.96. The number of nitrogens with zero attached hydrogens (tertiary/aromatic N) is 2. The van der Waals surface area contributed by atoms with Gasteiger partial charge in [0.2, 0.25) is 0 Å². The number of rotatable bonds is 2. The molecule has 0 saturated carbocycles. The first kappa shape index (κ1) is 14.7. The first-order chi connectivity index (χ1) is 9.83. The van der Waals surface area contributed by atoms with E-state index in [9.17, 15) is 18.0 Å². The molecule has 1 spiro atoms. The zero-order chi connectivity index (χ0) is 15.3. The fraction of sp³-hybridized carbons (Fsp3) is 0.833. The zero-order valence-electron chi connectivity index (χ0n) is 12.0. The van der Waals surface area contributed by atoms with Crippen molar-refractivity contribution < 1.29 is 18.0 Å². The van der Waals surface area contributed by atoms with E-state index in [1.54, 1.807) is 0 Å². The number of nitrogens with one attached hydrogen (secondary N) is 2. The molecule has 0 aliphatic carbocycles. The summed E-state index contributed by atoms with van der Waals surface area (Å²) in [7, 11) is -3.55. The van der Waals surface area contributed by atoms with Gasteiger partial charge in [-0.2, -0.15) is 17.0 Å². The van der Waals surface area contributed by atoms with Crippen LogP contribution in [0.4, 0.5) is 4.79 Å². The molecule has 2 N–H and O–H groups in total. The van der Waals surface area contributed by atoms with Crippen LogP contribution in [-0.4, -0.2) is 60.7 Å². The van der Waals surface area contributed by atoms with Crippen LogP contribution >= 0.6 is 0 Å². The number of carbonyl (C=O) groups is 2. The number of hydrogen-bond acceptors (Lipinski definition) is 4. The Balaban J connectivity index is 1.73. The minimum atomic E-state index is -3.55. The van der Waals surface area contributed by atoms with Crippen LogP contribution in [0.1, 0.15) is 26.2 Å². The van der Waals surface area contributed by atoms with Crippen molar-refractivity contribution in [2.45, 2.75) is 31.7 Å². The summed E-state index contributed by atoms with van der Waals surface area (Å²) < 4.78 is 28.1. The molecule has 3 fully saturated rings. The monoisotopic (exact) mass is 316 g/mol. The lowest BCUT2D eigenvalue weighted by molar-refractivity contribution is -0.123. The van der Waals surface area contributed by atoms with Gasteiger partial charge in [-0.15, -0.1) is 0 Å². The molecule has 1 atom stereocenters. The Kier molecular flexibility index (Phi) is 3.45. The van der Waals surface area contributed by atoms with E-state index in [1.807, 2.05) is 0 Å². The first-order valence-electron chi connectivity index (χ1n) is 7.22. The van der Waals surface area contributed by atoms with E-state index >= 15 is 0 Å². The molecule has 0 aromatic carbocycles. The molecule has 3 aliphatic heterocycles. The molecule has 0 aromatic rings. The van der Waals surface area contributed by atoms with Gasteiger partial charge in [0.25, 0.3) is 16.1 Å². The minimum absolute atomic E-state index is 0.0129. The van der Waals surface area contributed by atoms with E-state index in [0.717, 1.165) is 12.8 Å². The normalized spacial score (nSPS) is 32.6. The van der Waals surface area contributed by atoms with Gasteiger partial charge < -0.3 is 5.32 Å². The molecule has 3 aliphatic rings. The number of hydrogen-bond donors (Lipinski definition) is 2. The van der Waals surface area contributed by atoms with Gasteiger partial charge in [-0.3, -0.25) is 10.1 Å². The van der Waals surface area contributed by atoms with Crippen molar-refractivity contribution in [1.29, 1.82) is 0 Å². The molecule has 3 saturated heterocycles. The summed E-state index contributed by atoms with van der Waals surface area (Å²) in [6, 6.07) is -0.550. The highest BCUT2D eigenvalue weighted by Gasteiger charge is 2.53. The largest absolute Gasteiger partial charge is 0.322 e. The third-order valence-electron chi connectivity index (χ3n) is 4.64. The smallest absolute Gasteiger partial charge is 0.322 e. The summed E-state index contributed by atoms with van der Waals surface area (Å²) in [6.45, 7) is 3.42. The van der Waals surface area contributed by atoms with E-state index in [0.29, 0.717) is 25.4 Å². The fourth-order valence-corrected chi connectivity index (χ4v) is 4.87. The number of imide groups is 1. The molecule has 3 heterocycles. The van der Waals surface area contributed by atoms with Gasteiger partial charge in [0.15, 0.2) is 0 Å². The molecule has 3 amide bonds. The summed E-state index contributed by atoms with van der Waals surface area (Å²) in [5.74, 6) is 0.110. The Bertz CT molecular complexity index is 570. The van der Waals surface area contributed by atoms with Crippen molar-refractivity contribution in [3.8, 4) is 0 Å². The van der Waals surface area contributed by atoms with Crippen LogP contribution in [0.2, 0.25) is 0 Å². The van der Waals surface area contributed by atoms with Gasteiger partial charge in [-0.05, 0) is 25.2 Å². The minimum Gasteiger partial charge on any atom is -0.322 e. The summed E-state index contributed by atoms with van der Waals surface area (Å²) in [4.78, 5) is 23.2. The lowest BCUT2D eigenvalue weighted by Crippen LogP contribution is -2.52. The highest BCUT2D eigenvalue weighted by atomic mass is 32.2. The van der Waals surface area contributed by atoms with E-state index in [4.69, 9.17) is 0 Å². The van der Waals surface area contributed by atoms with Crippen molar-refractivity contribution in [2.75, 3.05) is 26.2 Å². The summed E-state index contributed by atoms with van der Waals surface area (Å²) in [6.07, 6.45) is 2.03. The van der Waals surface area contributed by atoms with Gasteiger partial charge in [-0.1, -0.05) is 6.92 Å². The maximum atomic E-state index is 12.6. The van der Waals surface area contributed by atoms with E-state index in [1.165, 1.54) is 8.61 Å². The topological polar surface area (TPSA) is 98.8 Å². The van der Waals surface area contributed by atoms with Crippen LogP contribution in [0.3, 0.4) is 0 Å². The van der Waals surface area contributed by atoms with Gasteiger partial charge in [0.05, 0.1) is 0 Å². The first-order valence-corrected chi connectivity index (χ1v) is 8.62. The number of urea groups is 1. The number of carbonyl (C=O) groups excluding carboxylic acids is 2. The summed E-state index contributed by atoms with van der Waals surface area (Å²) in [5.41, 5.74) is -1.09. The fourth-order valence-electron chi connectivity index (χ4n) is 3.17. The molecular weight excluding hydrogens is 296 g/mol. The maximum absolute atomic E-state index is 12.6. The summed E-state index contributed by atoms with van der Waals surface area (Å²) in [5, 5.41) is 4.75. The molecule has 21 heavy (non-hydrogen) atoms. The maximum Gasteiger partial charge on any atom is 0.322 e. The van der Waals surface area contributed by atoms with E-state index < -0.39 is 27.7 Å². The average molecular weight is 316 g/mol. The Hall–Kier alpha value is -1.19. The lowest BCUT2D eigenvalue weighted by atomic mass is 10.00. The highest BCUT2D eigenvalue weighted by molar-refractivity contribution is 7.86. The summed E-state index contributed by atoms with van der Waals surface area (Å²) >= 11 is 0. The Morgan fingerprint density at radius 2 is 1.81 bits per heavy atom. The highest BCUT2D eigenvalue weighted by Crippen LogP contribution is 2.29. The van der Waals surface area contributed by atoms with Gasteiger partial charge in [0.1, 0.15) is 5.54 Å². The molecule has 1 unspecified atom stereocenters. The van der Waals surface area contributed by atoms with Gasteiger partial charge in [0, 0.05) is 26.2 Å². The Labute approximate surface area is 124 Å². The van der Waals surface area contributed by atoms with Crippen LogP contribution in [0.25, 0.3) is 0 Å². The molecule has 0 radical (unpaired) electrons. The number of amides is 3. The van der Waals surface area contributed by atoms with Crippen molar-refractivity contribution in [1.82, 2.24) is 19.2 Å². The third kappa shape index (κ3) is 2.43. The van der Waals surface area contributed by atoms with E-state index in [2.05, 4.69) is 17.6 Å². The van der Waals surface area contributed by atoms with Crippen LogP contribution in [0, 0.1) is 5.92 Å². The van der Waals surface area contributed by atoms with Crippen LogP contribution in [0.15, 0.2) is 0 Å². The molecule has 0 bridgehead atoms. The van der Waals surface area contributed by atoms with E-state index in [-0.39, 0.29) is 13.1 Å². The lowest BCUT2D eigenvalue weighted by Gasteiger charge is -2.32. The molecule has 3 rings (SSSR count). The predicted octanol–water partition coefficient (Wildman–Crippen LogP) is -0.753. The van der Waals surface area contributed by atoms with Crippen molar-refractivity contribution >= 4 is 22.1 Å². The third-order valence-corrected chi connectivity index (χ3v) is 6.63. The SMILES string of the molecule is CC1CCN(S(=O)(=O)N2CCC3(C2)NC(=O)NC3=O)CC1. The van der Waals surface area contributed by atoms with Crippen LogP contribution in [-0.2, 0) is 15.0 Å². The number of piperidine rings is 1. The van der Waals surface area contributed by atoms with Crippen molar-refractivity contribution in [3.05, 3.63) is 0 Å². The van der Waals surface area contributed by atoms with Crippen molar-refractivity contribution in [3.63, 3.8) is 0 Å². The van der Waals surface area contributed by atoms with Crippen molar-refractivity contribution in [2.24, 2.45) is 5.92 Å². The predicted molar refractivity (Wildman–Crippen MR) is 74.5 cm³/mol. The Morgan fingerprint density at radius 3 is 2.38 bits per heavy atom. The molecule has 8 nitrogen and oxygen atoms in total. The van der Waals surface area contributed by atoms with Crippen LogP contribution < -0.4 is 10.6 Å². The standard InChI is InChI=1S/C12H20N4O4S/c1-9-2-5-15(6-3-9)21(19,20)16-7-4-12(8-16)10(17)13-11(18)14-12/h9H,2-8H2,1H3,(H2,13,14,17,18). The molecule has 0 aromatic heterocycles. The molecule has 118 valence electrons. The Morgan fingerprint density at radius 1 is 1.14 bits per heavy atom. The second-order valence-corrected chi connectivity index (χ2v) is 8.09. The van der Waals surface area contributed by atoms with Gasteiger partial charge >= 0.3 is 6.03 Å². The second-order valence-electron chi connectivity index (χ2n) is 6.16.